The van der Waals surface area contributed by atoms with Crippen LogP contribution < -0.4 is 4.74 Å². The van der Waals surface area contributed by atoms with Gasteiger partial charge in [-0.3, -0.25) is 10.1 Å². The molecule has 1 N–H and O–H groups in total. The minimum Gasteiger partial charge on any atom is -0.450 e. The number of nitrogens with zero attached hydrogens (tertiary/aromatic N) is 1. The van der Waals surface area contributed by atoms with Crippen LogP contribution in [0.3, 0.4) is 0 Å². The third-order valence-corrected chi connectivity index (χ3v) is 2.66. The van der Waals surface area contributed by atoms with Crippen LogP contribution >= 0.6 is 11.6 Å². The second-order valence-corrected chi connectivity index (χ2v) is 4.21. The van der Waals surface area contributed by atoms with E-state index < -0.39 is 4.92 Å². The lowest BCUT2D eigenvalue weighted by Crippen LogP contribution is -1.94. The van der Waals surface area contributed by atoms with Crippen molar-refractivity contribution in [2.45, 2.75) is 6.61 Å². The first-order chi connectivity index (χ1) is 9.10. The van der Waals surface area contributed by atoms with Crippen LogP contribution in [-0.4, -0.2) is 10.0 Å². The van der Waals surface area contributed by atoms with Crippen LogP contribution in [0.1, 0.15) is 5.56 Å². The lowest BCUT2D eigenvalue weighted by molar-refractivity contribution is -0.385. The van der Waals surface area contributed by atoms with Gasteiger partial charge in [0, 0.05) is 17.2 Å². The molecule has 0 saturated heterocycles. The molecular weight excluding hydrogens is 270 g/mol. The van der Waals surface area contributed by atoms with Gasteiger partial charge in [-0.1, -0.05) is 23.7 Å². The molecule has 0 heterocycles. The summed E-state index contributed by atoms with van der Waals surface area (Å²) in [6, 6.07) is 10.8. The molecule has 0 bridgehead atoms. The van der Waals surface area contributed by atoms with Crippen molar-refractivity contribution in [2.75, 3.05) is 0 Å². The van der Waals surface area contributed by atoms with E-state index in [0.717, 1.165) is 0 Å². The zero-order chi connectivity index (χ0) is 13.8. The van der Waals surface area contributed by atoms with Gasteiger partial charge in [0.2, 0.25) is 5.75 Å². The highest BCUT2D eigenvalue weighted by Crippen LogP contribution is 2.33. The van der Waals surface area contributed by atoms with E-state index in [9.17, 15) is 10.1 Å². The number of benzene rings is 2. The van der Waals surface area contributed by atoms with Crippen LogP contribution in [0, 0.1) is 10.1 Å². The summed E-state index contributed by atoms with van der Waals surface area (Å²) in [6.45, 7) is -0.130. The number of rotatable bonds is 4. The zero-order valence-corrected chi connectivity index (χ0v) is 10.5. The summed E-state index contributed by atoms with van der Waals surface area (Å²) in [5.74, 6) is 0.463. The van der Waals surface area contributed by atoms with Crippen molar-refractivity contribution >= 4 is 17.3 Å². The maximum Gasteiger partial charge on any atom is 0.311 e. The number of nitro groups is 1. The first-order valence-corrected chi connectivity index (χ1v) is 5.79. The van der Waals surface area contributed by atoms with Gasteiger partial charge in [0.1, 0.15) is 5.75 Å². The summed E-state index contributed by atoms with van der Waals surface area (Å²) in [7, 11) is 0. The van der Waals surface area contributed by atoms with Gasteiger partial charge >= 0.3 is 5.69 Å². The highest BCUT2D eigenvalue weighted by atomic mass is 35.5. The fourth-order valence-electron chi connectivity index (χ4n) is 1.55. The van der Waals surface area contributed by atoms with Crippen molar-refractivity contribution in [3.05, 3.63) is 63.2 Å². The smallest absolute Gasteiger partial charge is 0.311 e. The van der Waals surface area contributed by atoms with E-state index in [1.165, 1.54) is 18.2 Å². The third kappa shape index (κ3) is 3.21. The minimum atomic E-state index is -0.540. The molecule has 0 aliphatic carbocycles. The van der Waals surface area contributed by atoms with Crippen LogP contribution in [0.5, 0.6) is 11.5 Å². The van der Waals surface area contributed by atoms with Crippen LogP contribution in [-0.2, 0) is 6.61 Å². The molecule has 98 valence electrons. The predicted molar refractivity (Wildman–Crippen MR) is 70.5 cm³/mol. The van der Waals surface area contributed by atoms with Gasteiger partial charge in [-0.15, -0.1) is 0 Å². The molecule has 0 aliphatic rings. The average molecular weight is 280 g/mol. The van der Waals surface area contributed by atoms with Crippen molar-refractivity contribution in [3.8, 4) is 11.5 Å². The van der Waals surface area contributed by atoms with Crippen molar-refractivity contribution in [1.29, 1.82) is 0 Å². The van der Waals surface area contributed by atoms with Gasteiger partial charge < -0.3 is 9.84 Å². The van der Waals surface area contributed by atoms with Gasteiger partial charge in [-0.25, -0.2) is 0 Å². The summed E-state index contributed by atoms with van der Waals surface area (Å²) in [6.07, 6.45) is 0. The first kappa shape index (κ1) is 13.3. The summed E-state index contributed by atoms with van der Waals surface area (Å²) < 4.78 is 5.46. The monoisotopic (exact) mass is 279 g/mol. The van der Waals surface area contributed by atoms with Crippen molar-refractivity contribution in [3.63, 3.8) is 0 Å². The summed E-state index contributed by atoms with van der Waals surface area (Å²) in [4.78, 5) is 10.3. The van der Waals surface area contributed by atoms with E-state index in [1.54, 1.807) is 24.3 Å². The molecule has 0 amide bonds. The number of ether oxygens (including phenoxy) is 1. The number of halogens is 1. The Labute approximate surface area is 114 Å². The molecule has 0 unspecified atom stereocenters. The highest BCUT2D eigenvalue weighted by molar-refractivity contribution is 6.30. The van der Waals surface area contributed by atoms with E-state index in [2.05, 4.69) is 0 Å². The van der Waals surface area contributed by atoms with Gasteiger partial charge in [0.25, 0.3) is 0 Å². The number of hydrogen-bond donors (Lipinski definition) is 1. The molecular formula is C13H10ClNO4. The Morgan fingerprint density at radius 2 is 2.05 bits per heavy atom. The van der Waals surface area contributed by atoms with Crippen molar-refractivity contribution in [1.82, 2.24) is 0 Å². The molecule has 5 nitrogen and oxygen atoms in total. The lowest BCUT2D eigenvalue weighted by Gasteiger charge is -2.07. The van der Waals surface area contributed by atoms with Crippen molar-refractivity contribution < 1.29 is 14.8 Å². The zero-order valence-electron chi connectivity index (χ0n) is 9.75. The Morgan fingerprint density at radius 1 is 1.26 bits per heavy atom. The first-order valence-electron chi connectivity index (χ1n) is 5.42. The van der Waals surface area contributed by atoms with Gasteiger partial charge in [-0.05, 0) is 23.8 Å². The molecule has 0 fully saturated rings. The van der Waals surface area contributed by atoms with Crippen LogP contribution in [0.2, 0.25) is 5.02 Å². The fraction of sp³-hybridized carbons (Fsp3) is 0.0769. The predicted octanol–water partition coefficient (Wildman–Crippen LogP) is 3.53. The SMILES string of the molecule is O=[N+]([O-])c1ccc(Cl)cc1Oc1cccc(CO)c1. The average Bonchev–Trinajstić information content (AvgIpc) is 2.38. The second-order valence-electron chi connectivity index (χ2n) is 3.78. The maximum atomic E-state index is 10.9. The van der Waals surface area contributed by atoms with Gasteiger partial charge in [0.15, 0.2) is 0 Å². The van der Waals surface area contributed by atoms with E-state index in [0.29, 0.717) is 16.3 Å². The Hall–Kier alpha value is -2.11. The van der Waals surface area contributed by atoms with E-state index in [-0.39, 0.29) is 18.0 Å². The summed E-state index contributed by atoms with van der Waals surface area (Å²) in [5, 5.41) is 20.3. The summed E-state index contributed by atoms with van der Waals surface area (Å²) >= 11 is 5.80. The largest absolute Gasteiger partial charge is 0.450 e. The molecule has 19 heavy (non-hydrogen) atoms. The number of aliphatic hydroxyl groups is 1. The van der Waals surface area contributed by atoms with Crippen LogP contribution in [0.4, 0.5) is 5.69 Å². The molecule has 2 rings (SSSR count). The van der Waals surface area contributed by atoms with Crippen LogP contribution in [0.15, 0.2) is 42.5 Å². The molecule has 2 aromatic rings. The standard InChI is InChI=1S/C13H10ClNO4/c14-10-4-5-12(15(17)18)13(7-10)19-11-3-1-2-9(6-11)8-16/h1-7,16H,8H2. The number of hydrogen-bond acceptors (Lipinski definition) is 4. The molecule has 0 atom stereocenters. The molecule has 2 aromatic carbocycles. The van der Waals surface area contributed by atoms with Crippen molar-refractivity contribution in [2.24, 2.45) is 0 Å². The molecule has 0 spiro atoms. The molecule has 0 aromatic heterocycles. The van der Waals surface area contributed by atoms with Gasteiger partial charge in [0.05, 0.1) is 11.5 Å². The quantitative estimate of drug-likeness (QED) is 0.686. The van der Waals surface area contributed by atoms with E-state index >= 15 is 0 Å². The maximum absolute atomic E-state index is 10.9. The highest BCUT2D eigenvalue weighted by Gasteiger charge is 2.16. The summed E-state index contributed by atoms with van der Waals surface area (Å²) in [5.41, 5.74) is 0.487. The number of nitro benzene ring substituents is 1. The fourth-order valence-corrected chi connectivity index (χ4v) is 1.72. The number of aliphatic hydroxyl groups excluding tert-OH is 1. The lowest BCUT2D eigenvalue weighted by atomic mass is 10.2. The Kier molecular flexibility index (Phi) is 3.99. The Balaban J connectivity index is 2.36. The van der Waals surface area contributed by atoms with E-state index in [4.69, 9.17) is 21.4 Å². The van der Waals surface area contributed by atoms with Crippen LogP contribution in [0.25, 0.3) is 0 Å². The molecule has 0 saturated carbocycles. The Bertz CT molecular complexity index is 615. The third-order valence-electron chi connectivity index (χ3n) is 2.43. The minimum absolute atomic E-state index is 0.0626. The normalized spacial score (nSPS) is 10.2. The topological polar surface area (TPSA) is 72.6 Å². The van der Waals surface area contributed by atoms with E-state index in [1.807, 2.05) is 0 Å². The second kappa shape index (κ2) is 5.69. The van der Waals surface area contributed by atoms with Gasteiger partial charge in [-0.2, -0.15) is 0 Å². The molecule has 0 aliphatic heterocycles. The Morgan fingerprint density at radius 3 is 2.74 bits per heavy atom. The molecule has 0 radical (unpaired) electrons. The molecule has 6 heteroatoms.